The highest BCUT2D eigenvalue weighted by Crippen LogP contribution is 2.50. The molecule has 0 aromatic carbocycles. The highest BCUT2D eigenvalue weighted by Gasteiger charge is 2.28. The zero-order valence-corrected chi connectivity index (χ0v) is 14.4. The number of carbonyl (C=O) groups excluding carboxylic acids is 2. The Morgan fingerprint density at radius 1 is 1.10 bits per heavy atom. The first-order valence-corrected chi connectivity index (χ1v) is 8.68. The lowest BCUT2D eigenvalue weighted by Crippen LogP contribution is -2.15. The van der Waals surface area contributed by atoms with E-state index in [0.717, 1.165) is 0 Å². The van der Waals surface area contributed by atoms with Gasteiger partial charge in [-0.15, -0.1) is 0 Å². The van der Waals surface area contributed by atoms with E-state index < -0.39 is 19.3 Å². The van der Waals surface area contributed by atoms with Crippen molar-refractivity contribution in [2.24, 2.45) is 0 Å². The maximum atomic E-state index is 12.6. The first-order valence-electron chi connectivity index (χ1n) is 6.95. The van der Waals surface area contributed by atoms with Gasteiger partial charge < -0.3 is 13.8 Å². The van der Waals surface area contributed by atoms with Crippen LogP contribution in [0.4, 0.5) is 0 Å². The molecule has 0 aromatic heterocycles. The molecule has 0 saturated carbocycles. The highest BCUT2D eigenvalue weighted by molar-refractivity contribution is 7.54. The van der Waals surface area contributed by atoms with Crippen LogP contribution in [0.2, 0.25) is 0 Å². The summed E-state index contributed by atoms with van der Waals surface area (Å²) in [6.07, 6.45) is 0.515. The standard InChI is InChI=1S/C14H25O6P/c1-7-18-14(16)13(12(6)15)8-9-21(17,19-10(2)3)20-11(4)5/h8,10-11H,7,9H2,1-6H3/b13-8+. The number of esters is 1. The molecule has 0 bridgehead atoms. The van der Waals surface area contributed by atoms with Crippen LogP contribution in [-0.2, 0) is 27.9 Å². The monoisotopic (exact) mass is 320 g/mol. The zero-order chi connectivity index (χ0) is 16.6. The molecule has 0 N–H and O–H groups in total. The van der Waals surface area contributed by atoms with E-state index in [1.807, 2.05) is 0 Å². The van der Waals surface area contributed by atoms with Crippen LogP contribution in [0.1, 0.15) is 41.5 Å². The first-order chi connectivity index (χ1) is 9.61. The summed E-state index contributed by atoms with van der Waals surface area (Å²) >= 11 is 0. The molecule has 0 aliphatic rings. The Morgan fingerprint density at radius 2 is 1.57 bits per heavy atom. The number of hydrogen-bond acceptors (Lipinski definition) is 6. The fourth-order valence-electron chi connectivity index (χ4n) is 1.54. The Kier molecular flexibility index (Phi) is 8.71. The Bertz CT molecular complexity index is 425. The van der Waals surface area contributed by atoms with Gasteiger partial charge in [0.2, 0.25) is 0 Å². The van der Waals surface area contributed by atoms with Gasteiger partial charge in [-0.05, 0) is 41.5 Å². The predicted molar refractivity (Wildman–Crippen MR) is 80.3 cm³/mol. The molecule has 0 atom stereocenters. The molecule has 122 valence electrons. The second kappa shape index (κ2) is 9.13. The average molecular weight is 320 g/mol. The topological polar surface area (TPSA) is 78.9 Å². The summed E-state index contributed by atoms with van der Waals surface area (Å²) in [6, 6.07) is 0. The van der Waals surface area contributed by atoms with E-state index in [9.17, 15) is 14.2 Å². The van der Waals surface area contributed by atoms with Gasteiger partial charge in [0.15, 0.2) is 5.78 Å². The molecule has 0 aliphatic heterocycles. The Hall–Kier alpha value is -0.970. The minimum Gasteiger partial charge on any atom is -0.462 e. The Morgan fingerprint density at radius 3 is 1.90 bits per heavy atom. The van der Waals surface area contributed by atoms with Gasteiger partial charge in [-0.2, -0.15) is 0 Å². The lowest BCUT2D eigenvalue weighted by molar-refractivity contribution is -0.139. The summed E-state index contributed by atoms with van der Waals surface area (Å²) in [5.74, 6) is -1.18. The summed E-state index contributed by atoms with van der Waals surface area (Å²) < 4.78 is 28.1. The second-order valence-electron chi connectivity index (χ2n) is 5.00. The van der Waals surface area contributed by atoms with Crippen LogP contribution < -0.4 is 0 Å². The molecule has 0 unspecified atom stereocenters. The van der Waals surface area contributed by atoms with Crippen LogP contribution in [0.15, 0.2) is 11.6 Å². The van der Waals surface area contributed by atoms with Gasteiger partial charge in [-0.3, -0.25) is 9.36 Å². The number of hydrogen-bond donors (Lipinski definition) is 0. The minimum absolute atomic E-state index is 0.142. The van der Waals surface area contributed by atoms with Crippen molar-refractivity contribution in [3.63, 3.8) is 0 Å². The van der Waals surface area contributed by atoms with E-state index in [-0.39, 0.29) is 30.5 Å². The fourth-order valence-corrected chi connectivity index (χ4v) is 3.45. The van der Waals surface area contributed by atoms with Crippen molar-refractivity contribution in [3.05, 3.63) is 11.6 Å². The highest BCUT2D eigenvalue weighted by atomic mass is 31.2. The van der Waals surface area contributed by atoms with E-state index in [2.05, 4.69) is 0 Å². The molecule has 0 radical (unpaired) electrons. The quantitative estimate of drug-likeness (QED) is 0.213. The summed E-state index contributed by atoms with van der Waals surface area (Å²) in [6.45, 7) is 9.99. The number of carbonyl (C=O) groups is 2. The Balaban J connectivity index is 5.21. The van der Waals surface area contributed by atoms with E-state index in [4.69, 9.17) is 13.8 Å². The van der Waals surface area contributed by atoms with Crippen LogP contribution in [0.3, 0.4) is 0 Å². The molecule has 0 aliphatic carbocycles. The minimum atomic E-state index is -3.42. The van der Waals surface area contributed by atoms with Crippen LogP contribution in [-0.4, -0.2) is 36.7 Å². The molecule has 0 saturated heterocycles. The van der Waals surface area contributed by atoms with Crippen molar-refractivity contribution >= 4 is 19.3 Å². The third-order valence-corrected chi connectivity index (χ3v) is 4.25. The molecule has 0 rings (SSSR count). The van der Waals surface area contributed by atoms with Crippen molar-refractivity contribution < 1.29 is 27.9 Å². The average Bonchev–Trinajstić information content (AvgIpc) is 2.26. The summed E-state index contributed by atoms with van der Waals surface area (Å²) in [5, 5.41) is 0. The fraction of sp³-hybridized carbons (Fsp3) is 0.714. The predicted octanol–water partition coefficient (Wildman–Crippen LogP) is 3.11. The normalized spacial score (nSPS) is 12.9. The second-order valence-corrected chi connectivity index (χ2v) is 7.00. The zero-order valence-electron chi connectivity index (χ0n) is 13.5. The first kappa shape index (κ1) is 20.0. The number of ketones is 1. The van der Waals surface area contributed by atoms with Crippen molar-refractivity contribution in [1.29, 1.82) is 0 Å². The van der Waals surface area contributed by atoms with Crippen LogP contribution in [0.5, 0.6) is 0 Å². The van der Waals surface area contributed by atoms with Gasteiger partial charge in [0.1, 0.15) is 0 Å². The third-order valence-electron chi connectivity index (χ3n) is 2.14. The molecular formula is C14H25O6P. The van der Waals surface area contributed by atoms with Crippen LogP contribution in [0, 0.1) is 0 Å². The molecule has 6 nitrogen and oxygen atoms in total. The van der Waals surface area contributed by atoms with Crippen molar-refractivity contribution in [1.82, 2.24) is 0 Å². The number of allylic oxidation sites excluding steroid dienone is 1. The number of rotatable bonds is 9. The van der Waals surface area contributed by atoms with Crippen molar-refractivity contribution in [2.75, 3.05) is 12.8 Å². The summed E-state index contributed by atoms with van der Waals surface area (Å²) in [5.41, 5.74) is -0.142. The number of ether oxygens (including phenoxy) is 1. The Labute approximate surface area is 126 Å². The van der Waals surface area contributed by atoms with Gasteiger partial charge >= 0.3 is 13.6 Å². The van der Waals surface area contributed by atoms with E-state index in [0.29, 0.717) is 0 Å². The SMILES string of the molecule is CCOC(=O)/C(=C/CP(=O)(OC(C)C)OC(C)C)C(C)=O. The summed E-state index contributed by atoms with van der Waals surface area (Å²) in [4.78, 5) is 23.1. The summed E-state index contributed by atoms with van der Waals surface area (Å²) in [7, 11) is -3.42. The molecule has 0 aromatic rings. The van der Waals surface area contributed by atoms with Gasteiger partial charge in [-0.1, -0.05) is 6.08 Å². The lowest BCUT2D eigenvalue weighted by Gasteiger charge is -2.21. The van der Waals surface area contributed by atoms with Crippen molar-refractivity contribution in [2.45, 2.75) is 53.8 Å². The molecule has 0 heterocycles. The van der Waals surface area contributed by atoms with Crippen LogP contribution >= 0.6 is 7.60 Å². The van der Waals surface area contributed by atoms with Gasteiger partial charge in [0.25, 0.3) is 0 Å². The van der Waals surface area contributed by atoms with Gasteiger partial charge in [0, 0.05) is 0 Å². The maximum absolute atomic E-state index is 12.6. The third kappa shape index (κ3) is 8.15. The van der Waals surface area contributed by atoms with E-state index >= 15 is 0 Å². The molecule has 0 amide bonds. The molecule has 21 heavy (non-hydrogen) atoms. The van der Waals surface area contributed by atoms with Crippen molar-refractivity contribution in [3.8, 4) is 0 Å². The van der Waals surface area contributed by atoms with E-state index in [1.54, 1.807) is 34.6 Å². The molecular weight excluding hydrogens is 295 g/mol. The van der Waals surface area contributed by atoms with Crippen LogP contribution in [0.25, 0.3) is 0 Å². The van der Waals surface area contributed by atoms with Gasteiger partial charge in [-0.25, -0.2) is 4.79 Å². The van der Waals surface area contributed by atoms with E-state index in [1.165, 1.54) is 13.0 Å². The smallest absolute Gasteiger partial charge is 0.341 e. The van der Waals surface area contributed by atoms with Gasteiger partial charge in [0.05, 0.1) is 30.5 Å². The number of Topliss-reactive ketones (excluding diaryl/α,β-unsaturated/α-hetero) is 1. The molecule has 0 spiro atoms. The molecule has 0 fully saturated rings. The maximum Gasteiger partial charge on any atom is 0.341 e. The largest absolute Gasteiger partial charge is 0.462 e. The lowest BCUT2D eigenvalue weighted by atomic mass is 10.2. The molecule has 7 heteroatoms.